The van der Waals surface area contributed by atoms with Crippen molar-refractivity contribution in [3.63, 3.8) is 0 Å². The van der Waals surface area contributed by atoms with Crippen molar-refractivity contribution in [1.82, 2.24) is 0 Å². The topological polar surface area (TPSA) is 36.9 Å². The summed E-state index contributed by atoms with van der Waals surface area (Å²) in [5, 5.41) is 0. The molecule has 0 aliphatic heterocycles. The Labute approximate surface area is 249 Å². The number of hydrogen-bond donors (Lipinski definition) is 0. The third-order valence-corrected chi connectivity index (χ3v) is 8.99. The third kappa shape index (κ3) is 29.1. The Bertz CT molecular complexity index is 528. The molecule has 0 N–H and O–H groups in total. The average molecular weight is 654 g/mol. The molecule has 0 spiro atoms. The Morgan fingerprint density at radius 3 is 0.714 bits per heavy atom. The smallest absolute Gasteiger partial charge is 0.691 e. The Morgan fingerprint density at radius 2 is 0.600 bits per heavy atom. The fourth-order valence-corrected chi connectivity index (χ4v) is 9.49. The van der Waals surface area contributed by atoms with Crippen molar-refractivity contribution in [1.29, 1.82) is 0 Å². The molecule has 0 bridgehead atoms. The molecule has 0 heterocycles. The van der Waals surface area contributed by atoms with Crippen LogP contribution in [0.4, 0.5) is 0 Å². The van der Waals surface area contributed by atoms with Gasteiger partial charge in [0.1, 0.15) is 0 Å². The van der Waals surface area contributed by atoms with Crippen molar-refractivity contribution in [3.8, 4) is 0 Å². The van der Waals surface area contributed by atoms with Crippen molar-refractivity contribution < 1.29 is 34.6 Å². The minimum Gasteiger partial charge on any atom is -0.691 e. The molecule has 0 aliphatic rings. The van der Waals surface area contributed by atoms with Crippen molar-refractivity contribution in [3.05, 3.63) is 0 Å². The standard InChI is InChI=1S/2C12H27O2PS2.Ni/c2*1-9(2)7-11(5)13-15(16,17)14-12(6)8-10(3)4;/h2*9-12H,7-8H2,1-6H3,(H,16,17);/q;;+2/p-2. The van der Waals surface area contributed by atoms with E-state index < -0.39 is 11.4 Å². The zero-order valence-corrected chi connectivity index (χ0v) is 30.0. The second-order valence-corrected chi connectivity index (χ2v) is 20.9. The maximum Gasteiger partial charge on any atom is 2.00 e. The maximum atomic E-state index is 5.72. The molecule has 0 saturated heterocycles. The van der Waals surface area contributed by atoms with E-state index in [1.165, 1.54) is 0 Å². The van der Waals surface area contributed by atoms with Crippen LogP contribution < -0.4 is 0 Å². The zero-order valence-electron chi connectivity index (χ0n) is 23.9. The maximum absolute atomic E-state index is 5.72. The summed E-state index contributed by atoms with van der Waals surface area (Å²) >= 11 is 21.1. The fourth-order valence-electron chi connectivity index (χ4n) is 3.76. The van der Waals surface area contributed by atoms with Gasteiger partial charge in [0.05, 0.1) is 35.8 Å². The summed E-state index contributed by atoms with van der Waals surface area (Å²) < 4.78 is 22.9. The van der Waals surface area contributed by atoms with E-state index in [4.69, 9.17) is 66.2 Å². The fraction of sp³-hybridized carbons (Fsp3) is 1.00. The molecule has 0 aromatic heterocycles. The van der Waals surface area contributed by atoms with Crippen molar-refractivity contribution in [2.24, 2.45) is 23.7 Å². The predicted octanol–water partition coefficient (Wildman–Crippen LogP) is 9.32. The van der Waals surface area contributed by atoms with Crippen LogP contribution in [0.1, 0.15) is 109 Å². The minimum absolute atomic E-state index is 0. The summed E-state index contributed by atoms with van der Waals surface area (Å²) in [4.78, 5) is 0. The first kappa shape index (κ1) is 41.8. The van der Waals surface area contributed by atoms with E-state index in [-0.39, 0.29) is 40.9 Å². The summed E-state index contributed by atoms with van der Waals surface area (Å²) in [5.74, 6) is 2.34. The molecule has 0 rings (SSSR count). The van der Waals surface area contributed by atoms with Crippen molar-refractivity contribution in [2.75, 3.05) is 0 Å². The minimum atomic E-state index is -2.50. The van der Waals surface area contributed by atoms with Crippen LogP contribution in [0.5, 0.6) is 0 Å². The molecule has 0 amide bonds. The van der Waals surface area contributed by atoms with Gasteiger partial charge in [0.15, 0.2) is 0 Å². The van der Waals surface area contributed by atoms with E-state index in [1.54, 1.807) is 0 Å². The van der Waals surface area contributed by atoms with E-state index in [2.05, 4.69) is 55.4 Å². The Balaban J connectivity index is -0.000000569. The van der Waals surface area contributed by atoms with Gasteiger partial charge in [0, 0.05) is 0 Å². The summed E-state index contributed by atoms with van der Waals surface area (Å²) in [5.41, 5.74) is -5.00. The van der Waals surface area contributed by atoms with E-state index in [0.717, 1.165) is 25.7 Å². The SMILES string of the molecule is CC(C)CC(C)OP(=S)([S-])OC(C)CC(C)C.CC(C)CC(C)OP(=S)([S-])OC(C)CC(C)C.[Ni+2]. The van der Waals surface area contributed by atoms with Crippen LogP contribution in [0.2, 0.25) is 0 Å². The Hall–Kier alpha value is 2.33. The first-order valence-electron chi connectivity index (χ1n) is 12.6. The first-order chi connectivity index (χ1) is 15.2. The molecular weight excluding hydrogens is 601 g/mol. The van der Waals surface area contributed by atoms with E-state index in [0.29, 0.717) is 23.7 Å². The summed E-state index contributed by atoms with van der Waals surface area (Å²) in [6.07, 6.45) is 4.23. The van der Waals surface area contributed by atoms with Crippen molar-refractivity contribution >= 4 is 59.5 Å². The molecule has 216 valence electrons. The average Bonchev–Trinajstić information content (AvgIpc) is 2.48. The van der Waals surface area contributed by atoms with Gasteiger partial charge in [-0.15, -0.1) is 0 Å². The van der Waals surface area contributed by atoms with E-state index in [9.17, 15) is 0 Å². The van der Waals surface area contributed by atoms with Crippen LogP contribution in [0, 0.1) is 23.7 Å². The molecule has 11 heteroatoms. The summed E-state index contributed by atoms with van der Waals surface area (Å²) in [6, 6.07) is 0. The molecule has 0 radical (unpaired) electrons. The Morgan fingerprint density at radius 1 is 0.457 bits per heavy atom. The molecule has 4 unspecified atom stereocenters. The van der Waals surface area contributed by atoms with Gasteiger partial charge in [0.2, 0.25) is 0 Å². The second-order valence-electron chi connectivity index (χ2n) is 11.1. The monoisotopic (exact) mass is 652 g/mol. The van der Waals surface area contributed by atoms with Crippen LogP contribution in [-0.2, 0) is 82.7 Å². The third-order valence-electron chi connectivity index (χ3n) is 4.45. The van der Waals surface area contributed by atoms with Crippen LogP contribution in [0.15, 0.2) is 0 Å². The van der Waals surface area contributed by atoms with E-state index >= 15 is 0 Å². The molecule has 35 heavy (non-hydrogen) atoms. The molecule has 0 fully saturated rings. The normalized spacial score (nSPS) is 18.8. The largest absolute Gasteiger partial charge is 2.00 e. The van der Waals surface area contributed by atoms with E-state index in [1.807, 2.05) is 27.7 Å². The van der Waals surface area contributed by atoms with Gasteiger partial charge in [-0.1, -0.05) is 79.0 Å². The molecule has 0 saturated carbocycles. The van der Waals surface area contributed by atoms with Gasteiger partial charge in [-0.3, -0.25) is 0 Å². The first-order valence-corrected chi connectivity index (χ1v) is 19.9. The van der Waals surface area contributed by atoms with Crippen LogP contribution >= 0.6 is 11.4 Å². The van der Waals surface area contributed by atoms with Gasteiger partial charge in [-0.05, 0) is 77.0 Å². The van der Waals surface area contributed by atoms with Crippen LogP contribution in [0.3, 0.4) is 0 Å². The molecule has 4 atom stereocenters. The van der Waals surface area contributed by atoms with Crippen LogP contribution in [0.25, 0.3) is 0 Å². The van der Waals surface area contributed by atoms with Gasteiger partial charge < -0.3 is 42.6 Å². The van der Waals surface area contributed by atoms with Gasteiger partial charge in [-0.25, -0.2) is 0 Å². The van der Waals surface area contributed by atoms with Gasteiger partial charge in [0.25, 0.3) is 0 Å². The zero-order chi connectivity index (χ0) is 27.3. The quantitative estimate of drug-likeness (QED) is 0.0927. The molecule has 0 aromatic carbocycles. The second kappa shape index (κ2) is 21.1. The molecule has 0 aromatic rings. The summed E-state index contributed by atoms with van der Waals surface area (Å²) in [6.45, 7) is 25.4. The molecule has 0 aliphatic carbocycles. The molecular formula is C24H52NiO4P2S4. The predicted molar refractivity (Wildman–Crippen MR) is 163 cm³/mol. The summed E-state index contributed by atoms with van der Waals surface area (Å²) in [7, 11) is 0. The van der Waals surface area contributed by atoms with Gasteiger partial charge >= 0.3 is 16.5 Å². The Kier molecular flexibility index (Phi) is 25.2. The van der Waals surface area contributed by atoms with Crippen LogP contribution in [-0.4, -0.2) is 24.4 Å². The number of rotatable bonds is 16. The molecule has 4 nitrogen and oxygen atoms in total. The number of hydrogen-bond acceptors (Lipinski definition) is 8. The van der Waals surface area contributed by atoms with Crippen molar-refractivity contribution in [2.45, 2.75) is 133 Å². The van der Waals surface area contributed by atoms with Gasteiger partial charge in [-0.2, -0.15) is 0 Å².